The Morgan fingerprint density at radius 3 is 2.50 bits per heavy atom. The van der Waals surface area contributed by atoms with Gasteiger partial charge in [-0.15, -0.1) is 12.6 Å². The summed E-state index contributed by atoms with van der Waals surface area (Å²) in [6.45, 7) is 1.43. The number of anilines is 1. The number of carboxylic acids is 1. The van der Waals surface area contributed by atoms with Gasteiger partial charge in [0, 0.05) is 36.4 Å². The second-order valence-corrected chi connectivity index (χ2v) is 13.0. The number of hydrogen-bond acceptors (Lipinski definition) is 6. The molecular weight excluding hydrogens is 474 g/mol. The van der Waals surface area contributed by atoms with Crippen LogP contribution in [0.5, 0.6) is 0 Å². The summed E-state index contributed by atoms with van der Waals surface area (Å²) in [7, 11) is 0. The van der Waals surface area contributed by atoms with Crippen molar-refractivity contribution in [3.63, 3.8) is 0 Å². The predicted octanol–water partition coefficient (Wildman–Crippen LogP) is 4.39. The fraction of sp³-hybridized carbons (Fsp3) is 0.750. The molecule has 0 spiro atoms. The molecule has 36 heavy (non-hydrogen) atoms. The van der Waals surface area contributed by atoms with Crippen LogP contribution in [0, 0.1) is 23.7 Å². The molecule has 7 rings (SSSR count). The third-order valence-corrected chi connectivity index (χ3v) is 10.2. The molecule has 5 aliphatic carbocycles. The fourth-order valence-electron chi connectivity index (χ4n) is 8.49. The van der Waals surface area contributed by atoms with Crippen LogP contribution in [0.4, 0.5) is 5.82 Å². The minimum Gasteiger partial charge on any atom is -0.481 e. The Kier molecular flexibility index (Phi) is 6.47. The molecule has 8 heteroatoms. The number of carboxylic acid groups (broad SMARTS) is 1. The number of carbonyl (C=O) groups excluding carboxylic acids is 1. The van der Waals surface area contributed by atoms with Crippen molar-refractivity contribution in [3.8, 4) is 0 Å². The smallest absolute Gasteiger partial charge is 0.303 e. The second-order valence-electron chi connectivity index (χ2n) is 12.5. The molecule has 2 heterocycles. The second kappa shape index (κ2) is 9.50. The van der Waals surface area contributed by atoms with Crippen LogP contribution in [0.2, 0.25) is 0 Å². The number of aliphatic carboxylic acids is 1. The lowest BCUT2D eigenvalue weighted by atomic mass is 9.52. The molecule has 5 saturated carbocycles. The van der Waals surface area contributed by atoms with Gasteiger partial charge in [-0.2, -0.15) is 0 Å². The Balaban J connectivity index is 1.26. The molecular formula is C28H39N3O4S. The topological polar surface area (TPSA) is 103 Å². The van der Waals surface area contributed by atoms with Crippen molar-refractivity contribution in [1.29, 1.82) is 0 Å². The molecule has 0 aromatic carbocycles. The zero-order valence-electron chi connectivity index (χ0n) is 21.0. The van der Waals surface area contributed by atoms with E-state index in [1.165, 1.54) is 6.42 Å². The molecule has 1 aromatic rings. The van der Waals surface area contributed by atoms with Gasteiger partial charge in [0.05, 0.1) is 16.9 Å². The van der Waals surface area contributed by atoms with Gasteiger partial charge in [-0.25, -0.2) is 4.98 Å². The van der Waals surface area contributed by atoms with Crippen molar-refractivity contribution in [1.82, 2.24) is 10.3 Å². The number of aromatic nitrogens is 1. The van der Waals surface area contributed by atoms with Crippen molar-refractivity contribution < 1.29 is 19.8 Å². The SMILES string of the molecule is O=C(O)C[C@H]1CCN(c2nc(C3CCCCC3)c(C(=O)NC3C4CC5CC3CC(O)(C5)C4)cc2S)C1. The Morgan fingerprint density at radius 1 is 1.11 bits per heavy atom. The molecule has 1 amide bonds. The van der Waals surface area contributed by atoms with Gasteiger partial charge < -0.3 is 20.4 Å². The van der Waals surface area contributed by atoms with Crippen molar-refractivity contribution in [2.45, 2.75) is 99.5 Å². The standard InChI is InChI=1S/C28H39N3O4S/c32-23(33)10-16-6-7-31(15-16)26-22(36)11-21(25(29-26)18-4-2-1-3-5-18)27(34)30-24-19-8-17-9-20(24)14-28(35,12-17)13-19/h11,16-20,24,35-36H,1-10,12-15H2,(H,30,34)(H,32,33)/t16-,17?,19?,20?,24?,28?/m1/s1. The predicted molar refractivity (Wildman–Crippen MR) is 140 cm³/mol. The van der Waals surface area contributed by atoms with Gasteiger partial charge in [-0.3, -0.25) is 9.59 Å². The molecule has 1 aliphatic heterocycles. The summed E-state index contributed by atoms with van der Waals surface area (Å²) in [6, 6.07) is 2.05. The first kappa shape index (κ1) is 24.5. The number of nitrogens with zero attached hydrogens (tertiary/aromatic N) is 2. The molecule has 3 N–H and O–H groups in total. The van der Waals surface area contributed by atoms with Crippen LogP contribution in [0.3, 0.4) is 0 Å². The number of pyridine rings is 1. The largest absolute Gasteiger partial charge is 0.481 e. The van der Waals surface area contributed by atoms with Crippen LogP contribution in [0.1, 0.15) is 99.0 Å². The maximum absolute atomic E-state index is 13.8. The minimum atomic E-state index is -0.757. The molecule has 3 atom stereocenters. The normalized spacial score (nSPS) is 35.8. The highest BCUT2D eigenvalue weighted by Gasteiger charge is 2.55. The highest BCUT2D eigenvalue weighted by atomic mass is 32.1. The van der Waals surface area contributed by atoms with E-state index in [2.05, 4.69) is 10.2 Å². The van der Waals surface area contributed by atoms with Crippen LogP contribution < -0.4 is 10.2 Å². The average molecular weight is 514 g/mol. The number of thiol groups is 1. The van der Waals surface area contributed by atoms with Crippen LogP contribution in [0.15, 0.2) is 11.0 Å². The summed E-state index contributed by atoms with van der Waals surface area (Å²) in [5.41, 5.74) is 1.04. The van der Waals surface area contributed by atoms with E-state index >= 15 is 0 Å². The number of hydrogen-bond donors (Lipinski definition) is 4. The van der Waals surface area contributed by atoms with Gasteiger partial charge in [-0.1, -0.05) is 19.3 Å². The van der Waals surface area contributed by atoms with Crippen LogP contribution >= 0.6 is 12.6 Å². The molecule has 2 unspecified atom stereocenters. The van der Waals surface area contributed by atoms with E-state index in [1.807, 2.05) is 6.07 Å². The van der Waals surface area contributed by atoms with Crippen molar-refractivity contribution in [2.75, 3.05) is 18.0 Å². The van der Waals surface area contributed by atoms with E-state index in [1.54, 1.807) is 0 Å². The molecule has 6 fully saturated rings. The lowest BCUT2D eigenvalue weighted by molar-refractivity contribution is -0.138. The minimum absolute atomic E-state index is 0.0421. The number of rotatable bonds is 6. The van der Waals surface area contributed by atoms with E-state index in [-0.39, 0.29) is 30.2 Å². The lowest BCUT2D eigenvalue weighted by Crippen LogP contribution is -2.61. The monoisotopic (exact) mass is 513 g/mol. The highest BCUT2D eigenvalue weighted by Crippen LogP contribution is 2.55. The first-order valence-electron chi connectivity index (χ1n) is 14.0. The number of amides is 1. The van der Waals surface area contributed by atoms with Crippen LogP contribution in [-0.2, 0) is 4.79 Å². The van der Waals surface area contributed by atoms with Gasteiger partial charge in [-0.05, 0) is 81.1 Å². The van der Waals surface area contributed by atoms with Gasteiger partial charge >= 0.3 is 5.97 Å². The van der Waals surface area contributed by atoms with E-state index in [0.29, 0.717) is 34.8 Å². The Bertz CT molecular complexity index is 1030. The zero-order valence-corrected chi connectivity index (χ0v) is 21.9. The quantitative estimate of drug-likeness (QED) is 0.421. The van der Waals surface area contributed by atoms with E-state index in [9.17, 15) is 19.8 Å². The first-order valence-corrected chi connectivity index (χ1v) is 14.5. The Hall–Kier alpha value is -1.80. The maximum atomic E-state index is 13.8. The Labute approximate surface area is 218 Å². The van der Waals surface area contributed by atoms with Gasteiger partial charge in [0.15, 0.2) is 0 Å². The molecule has 4 bridgehead atoms. The zero-order chi connectivity index (χ0) is 25.0. The van der Waals surface area contributed by atoms with E-state index in [0.717, 1.165) is 82.3 Å². The third-order valence-electron chi connectivity index (χ3n) is 9.84. The third kappa shape index (κ3) is 4.64. The van der Waals surface area contributed by atoms with Crippen molar-refractivity contribution >= 4 is 30.3 Å². The van der Waals surface area contributed by atoms with Gasteiger partial charge in [0.1, 0.15) is 5.82 Å². The summed E-state index contributed by atoms with van der Waals surface area (Å²) in [6.07, 6.45) is 11.4. The summed E-state index contributed by atoms with van der Waals surface area (Å²) in [5.74, 6) is 1.71. The van der Waals surface area contributed by atoms with Gasteiger partial charge in [0.2, 0.25) is 0 Å². The van der Waals surface area contributed by atoms with E-state index < -0.39 is 11.6 Å². The average Bonchev–Trinajstić information content (AvgIpc) is 3.28. The highest BCUT2D eigenvalue weighted by molar-refractivity contribution is 7.80. The molecule has 1 saturated heterocycles. The van der Waals surface area contributed by atoms with E-state index in [4.69, 9.17) is 17.6 Å². The maximum Gasteiger partial charge on any atom is 0.303 e. The molecule has 6 aliphatic rings. The van der Waals surface area contributed by atoms with Crippen LogP contribution in [0.25, 0.3) is 0 Å². The number of aliphatic hydroxyl groups is 1. The number of carbonyl (C=O) groups is 2. The summed E-state index contributed by atoms with van der Waals surface area (Å²) in [4.78, 5) is 33.0. The molecule has 196 valence electrons. The summed E-state index contributed by atoms with van der Waals surface area (Å²) < 4.78 is 0. The number of nitrogens with one attached hydrogen (secondary N) is 1. The summed E-state index contributed by atoms with van der Waals surface area (Å²) >= 11 is 4.77. The lowest BCUT2D eigenvalue weighted by Gasteiger charge is -2.58. The van der Waals surface area contributed by atoms with Crippen molar-refractivity contribution in [3.05, 3.63) is 17.3 Å². The van der Waals surface area contributed by atoms with Crippen molar-refractivity contribution in [2.24, 2.45) is 23.7 Å². The first-order chi connectivity index (χ1) is 17.3. The molecule has 0 radical (unpaired) electrons. The van der Waals surface area contributed by atoms with Crippen LogP contribution in [-0.4, -0.2) is 51.8 Å². The summed E-state index contributed by atoms with van der Waals surface area (Å²) in [5, 5.41) is 23.6. The fourth-order valence-corrected chi connectivity index (χ4v) is 8.81. The molecule has 1 aromatic heterocycles. The molecule has 7 nitrogen and oxygen atoms in total. The van der Waals surface area contributed by atoms with Gasteiger partial charge in [0.25, 0.3) is 5.91 Å². The Morgan fingerprint density at radius 2 is 1.83 bits per heavy atom.